The van der Waals surface area contributed by atoms with Gasteiger partial charge in [-0.15, -0.1) is 0 Å². The predicted octanol–water partition coefficient (Wildman–Crippen LogP) is 2.87. The van der Waals surface area contributed by atoms with Crippen LogP contribution in [0.5, 0.6) is 5.75 Å². The quantitative estimate of drug-likeness (QED) is 0.729. The third kappa shape index (κ3) is 3.70. The molecule has 0 amide bonds. The average Bonchev–Trinajstić information content (AvgIpc) is 2.79. The molecule has 3 heteroatoms. The van der Waals surface area contributed by atoms with Crippen LogP contribution in [0.4, 0.5) is 4.39 Å². The Balaban J connectivity index is 1.70. The first-order valence-corrected chi connectivity index (χ1v) is 6.22. The van der Waals surface area contributed by atoms with Crippen LogP contribution in [0.3, 0.4) is 0 Å². The number of likely N-dealkylation sites (tertiary alicyclic amines) is 1. The van der Waals surface area contributed by atoms with Crippen molar-refractivity contribution in [2.24, 2.45) is 0 Å². The minimum Gasteiger partial charge on any atom is -0.490 e. The monoisotopic (exact) mass is 236 g/mol. The zero-order chi connectivity index (χ0) is 12.1. The van der Waals surface area contributed by atoms with E-state index in [0.29, 0.717) is 17.9 Å². The molecule has 0 aliphatic carbocycles. The first-order chi connectivity index (χ1) is 8.25. The topological polar surface area (TPSA) is 12.5 Å². The fraction of sp³-hybridized carbons (Fsp3) is 0.500. The second-order valence-electron chi connectivity index (χ2n) is 4.52. The highest BCUT2D eigenvalue weighted by Crippen LogP contribution is 2.18. The van der Waals surface area contributed by atoms with E-state index in [2.05, 4.69) is 11.8 Å². The van der Waals surface area contributed by atoms with Crippen molar-refractivity contribution in [1.82, 2.24) is 4.90 Å². The molecular formula is C14H19FNO. The molecular weight excluding hydrogens is 217 g/mol. The van der Waals surface area contributed by atoms with Crippen molar-refractivity contribution in [1.29, 1.82) is 0 Å². The lowest BCUT2D eigenvalue weighted by molar-refractivity contribution is 0.256. The standard InChI is InChI=1S/C14H19FNO/c1-12-5-6-14(13(15)11-12)17-10-4-9-16-7-2-3-8-16/h5-6,11H,1-4,7-10H2. The van der Waals surface area contributed by atoms with Gasteiger partial charge >= 0.3 is 0 Å². The SMILES string of the molecule is [CH2]c1ccc(OCCCN2CCCC2)c(F)c1. The third-order valence-electron chi connectivity index (χ3n) is 3.07. The molecule has 1 aromatic carbocycles. The summed E-state index contributed by atoms with van der Waals surface area (Å²) in [6.07, 6.45) is 3.56. The van der Waals surface area contributed by atoms with E-state index in [9.17, 15) is 4.39 Å². The molecule has 0 bridgehead atoms. The molecule has 1 aliphatic rings. The number of rotatable bonds is 5. The van der Waals surface area contributed by atoms with Gasteiger partial charge in [0.05, 0.1) is 6.61 Å². The number of hydrogen-bond acceptors (Lipinski definition) is 2. The third-order valence-corrected chi connectivity index (χ3v) is 3.07. The van der Waals surface area contributed by atoms with Crippen LogP contribution in [0.2, 0.25) is 0 Å². The predicted molar refractivity (Wildman–Crippen MR) is 66.6 cm³/mol. The fourth-order valence-corrected chi connectivity index (χ4v) is 2.14. The van der Waals surface area contributed by atoms with Gasteiger partial charge < -0.3 is 9.64 Å². The van der Waals surface area contributed by atoms with E-state index in [4.69, 9.17) is 4.74 Å². The summed E-state index contributed by atoms with van der Waals surface area (Å²) >= 11 is 0. The Hall–Kier alpha value is -1.09. The summed E-state index contributed by atoms with van der Waals surface area (Å²) < 4.78 is 18.8. The molecule has 0 N–H and O–H groups in total. The summed E-state index contributed by atoms with van der Waals surface area (Å²) in [6.45, 7) is 7.69. The molecule has 1 aromatic rings. The molecule has 93 valence electrons. The lowest BCUT2D eigenvalue weighted by Crippen LogP contribution is -2.22. The zero-order valence-electron chi connectivity index (χ0n) is 10.1. The van der Waals surface area contributed by atoms with E-state index < -0.39 is 0 Å². The second kappa shape index (κ2) is 6.01. The number of nitrogens with zero attached hydrogens (tertiary/aromatic N) is 1. The minimum absolute atomic E-state index is 0.321. The Bertz CT molecular complexity index is 361. The average molecular weight is 236 g/mol. The molecule has 0 spiro atoms. The smallest absolute Gasteiger partial charge is 0.165 e. The van der Waals surface area contributed by atoms with Crippen molar-refractivity contribution in [3.8, 4) is 5.75 Å². The van der Waals surface area contributed by atoms with E-state index in [-0.39, 0.29) is 5.82 Å². The van der Waals surface area contributed by atoms with Crippen LogP contribution in [0.15, 0.2) is 18.2 Å². The highest BCUT2D eigenvalue weighted by atomic mass is 19.1. The molecule has 1 saturated heterocycles. The van der Waals surface area contributed by atoms with Crippen LogP contribution >= 0.6 is 0 Å². The maximum Gasteiger partial charge on any atom is 0.165 e. The van der Waals surface area contributed by atoms with Gasteiger partial charge in [-0.3, -0.25) is 0 Å². The summed E-state index contributed by atoms with van der Waals surface area (Å²) in [6, 6.07) is 4.81. The first kappa shape index (κ1) is 12.4. The molecule has 1 aliphatic heterocycles. The molecule has 17 heavy (non-hydrogen) atoms. The van der Waals surface area contributed by atoms with E-state index in [0.717, 1.165) is 13.0 Å². The Morgan fingerprint density at radius 1 is 1.29 bits per heavy atom. The highest BCUT2D eigenvalue weighted by molar-refractivity contribution is 5.30. The van der Waals surface area contributed by atoms with Gasteiger partial charge in [0.1, 0.15) is 0 Å². The van der Waals surface area contributed by atoms with Crippen molar-refractivity contribution in [3.63, 3.8) is 0 Å². The van der Waals surface area contributed by atoms with Gasteiger partial charge in [-0.25, -0.2) is 4.39 Å². The van der Waals surface area contributed by atoms with Gasteiger partial charge in [-0.2, -0.15) is 0 Å². The van der Waals surface area contributed by atoms with Crippen LogP contribution in [-0.2, 0) is 0 Å². The number of hydrogen-bond donors (Lipinski definition) is 0. The second-order valence-corrected chi connectivity index (χ2v) is 4.52. The molecule has 1 fully saturated rings. The molecule has 0 aromatic heterocycles. The zero-order valence-corrected chi connectivity index (χ0v) is 10.1. The van der Waals surface area contributed by atoms with Gasteiger partial charge in [-0.05, 0) is 57.0 Å². The number of halogens is 1. The van der Waals surface area contributed by atoms with Crippen molar-refractivity contribution < 1.29 is 9.13 Å². The van der Waals surface area contributed by atoms with Crippen LogP contribution in [0.1, 0.15) is 24.8 Å². The van der Waals surface area contributed by atoms with Gasteiger partial charge in [0.2, 0.25) is 0 Å². The Morgan fingerprint density at radius 3 is 2.76 bits per heavy atom. The Morgan fingerprint density at radius 2 is 2.06 bits per heavy atom. The molecule has 2 nitrogen and oxygen atoms in total. The van der Waals surface area contributed by atoms with Crippen molar-refractivity contribution in [2.45, 2.75) is 19.3 Å². The van der Waals surface area contributed by atoms with Crippen LogP contribution in [-0.4, -0.2) is 31.1 Å². The van der Waals surface area contributed by atoms with Gasteiger partial charge in [0.25, 0.3) is 0 Å². The van der Waals surface area contributed by atoms with E-state index in [1.54, 1.807) is 12.1 Å². The van der Waals surface area contributed by atoms with Crippen LogP contribution < -0.4 is 4.74 Å². The summed E-state index contributed by atoms with van der Waals surface area (Å²) in [4.78, 5) is 2.43. The number of ether oxygens (including phenoxy) is 1. The van der Waals surface area contributed by atoms with Crippen molar-refractivity contribution >= 4 is 0 Å². The van der Waals surface area contributed by atoms with Crippen molar-refractivity contribution in [2.75, 3.05) is 26.2 Å². The van der Waals surface area contributed by atoms with Gasteiger partial charge in [-0.1, -0.05) is 6.07 Å². The van der Waals surface area contributed by atoms with Gasteiger partial charge in [0, 0.05) is 6.54 Å². The normalized spacial score (nSPS) is 16.4. The summed E-state index contributed by atoms with van der Waals surface area (Å²) in [5.41, 5.74) is 0.673. The molecule has 1 heterocycles. The Labute approximate surface area is 102 Å². The molecule has 1 radical (unpaired) electrons. The maximum absolute atomic E-state index is 13.4. The van der Waals surface area contributed by atoms with Crippen LogP contribution in [0, 0.1) is 12.7 Å². The largest absolute Gasteiger partial charge is 0.490 e. The van der Waals surface area contributed by atoms with E-state index in [1.807, 2.05) is 0 Å². The summed E-state index contributed by atoms with van der Waals surface area (Å²) in [5.74, 6) is 0.0116. The fourth-order valence-electron chi connectivity index (χ4n) is 2.14. The lowest BCUT2D eigenvalue weighted by Gasteiger charge is -2.14. The Kier molecular flexibility index (Phi) is 4.37. The maximum atomic E-state index is 13.4. The van der Waals surface area contributed by atoms with Gasteiger partial charge in [0.15, 0.2) is 11.6 Å². The highest BCUT2D eigenvalue weighted by Gasteiger charge is 2.10. The summed E-state index contributed by atoms with van der Waals surface area (Å²) in [7, 11) is 0. The van der Waals surface area contributed by atoms with E-state index >= 15 is 0 Å². The van der Waals surface area contributed by atoms with Crippen molar-refractivity contribution in [3.05, 3.63) is 36.5 Å². The van der Waals surface area contributed by atoms with E-state index in [1.165, 1.54) is 32.0 Å². The molecule has 0 saturated carbocycles. The lowest BCUT2D eigenvalue weighted by atomic mass is 10.2. The summed E-state index contributed by atoms with van der Waals surface area (Å²) in [5, 5.41) is 0. The first-order valence-electron chi connectivity index (χ1n) is 6.22. The minimum atomic E-state index is -0.321. The number of benzene rings is 1. The molecule has 0 unspecified atom stereocenters. The molecule has 0 atom stereocenters. The molecule has 2 rings (SSSR count). The van der Waals surface area contributed by atoms with Crippen LogP contribution in [0.25, 0.3) is 0 Å².